The minimum Gasteiger partial charge on any atom is -0.489 e. The van der Waals surface area contributed by atoms with Crippen molar-refractivity contribution in [2.75, 3.05) is 43.9 Å². The summed E-state index contributed by atoms with van der Waals surface area (Å²) >= 11 is 0. The third kappa shape index (κ3) is 4.54. The molecule has 1 fully saturated rings. The van der Waals surface area contributed by atoms with Gasteiger partial charge in [0.25, 0.3) is 0 Å². The van der Waals surface area contributed by atoms with Gasteiger partial charge in [0.2, 0.25) is 0 Å². The van der Waals surface area contributed by atoms with Crippen LogP contribution in [0.3, 0.4) is 0 Å². The van der Waals surface area contributed by atoms with Crippen LogP contribution in [0.15, 0.2) is 24.3 Å². The molecule has 1 aromatic carbocycles. The number of aromatic nitrogens is 3. The van der Waals surface area contributed by atoms with Crippen LogP contribution in [0.25, 0.3) is 10.9 Å². The second kappa shape index (κ2) is 8.95. The van der Waals surface area contributed by atoms with Gasteiger partial charge in [0.05, 0.1) is 17.3 Å². The summed E-state index contributed by atoms with van der Waals surface area (Å²) in [6.45, 7) is 4.67. The Labute approximate surface area is 200 Å². The highest BCUT2D eigenvalue weighted by Gasteiger charge is 2.36. The molecule has 2 bridgehead atoms. The van der Waals surface area contributed by atoms with Crippen molar-refractivity contribution in [2.45, 2.75) is 26.1 Å². The second-order valence-corrected chi connectivity index (χ2v) is 11.8. The predicted molar refractivity (Wildman–Crippen MR) is 126 cm³/mol. The molecule has 186 valence electrons. The lowest BCUT2D eigenvalue weighted by Crippen LogP contribution is -2.33. The summed E-state index contributed by atoms with van der Waals surface area (Å²) < 4.78 is 65.9. The number of benzene rings is 1. The molecule has 0 unspecified atom stereocenters. The van der Waals surface area contributed by atoms with Gasteiger partial charge in [-0.25, -0.2) is 4.98 Å². The molecule has 0 aliphatic carbocycles. The highest BCUT2D eigenvalue weighted by molar-refractivity contribution is 7.71. The summed E-state index contributed by atoms with van der Waals surface area (Å²) in [5.41, 5.74) is 1.12. The smallest absolute Gasteiger partial charge is 0.419 e. The van der Waals surface area contributed by atoms with Crippen LogP contribution >= 0.6 is 7.14 Å². The van der Waals surface area contributed by atoms with Gasteiger partial charge >= 0.3 is 12.2 Å². The molecule has 3 aromatic rings. The molecule has 35 heavy (non-hydrogen) atoms. The average Bonchev–Trinajstić information content (AvgIpc) is 2.83. The van der Waals surface area contributed by atoms with Gasteiger partial charge in [0, 0.05) is 36.4 Å². The molecule has 4 heterocycles. The molecule has 0 saturated carbocycles. The average molecular weight is 507 g/mol. The van der Waals surface area contributed by atoms with Gasteiger partial charge in [-0.05, 0) is 26.0 Å². The van der Waals surface area contributed by atoms with E-state index in [9.17, 15) is 17.7 Å². The highest BCUT2D eigenvalue weighted by atomic mass is 31.2. The topological polar surface area (TPSA) is 98.3 Å². The Kier molecular flexibility index (Phi) is 6.09. The summed E-state index contributed by atoms with van der Waals surface area (Å²) in [6.07, 6.45) is -3.55. The summed E-state index contributed by atoms with van der Waals surface area (Å²) in [4.78, 5) is 13.6. The number of para-hydroxylation sites is 1. The number of hydrogen-bond acceptors (Lipinski definition) is 8. The van der Waals surface area contributed by atoms with Gasteiger partial charge < -0.3 is 24.7 Å². The zero-order valence-corrected chi connectivity index (χ0v) is 20.2. The Hall–Kier alpha value is -2.91. The first-order valence-electron chi connectivity index (χ1n) is 11.4. The number of alkyl halides is 3. The molecular formula is C23H25F3N5O3P. The van der Waals surface area contributed by atoms with E-state index in [1.165, 1.54) is 6.07 Å². The minimum atomic E-state index is -4.57. The second-order valence-electron chi connectivity index (χ2n) is 8.69. The van der Waals surface area contributed by atoms with Crippen molar-refractivity contribution in [2.24, 2.45) is 0 Å². The normalized spacial score (nSPS) is 20.1. The summed E-state index contributed by atoms with van der Waals surface area (Å²) in [5.74, 6) is 0.129. The molecule has 0 amide bonds. The number of fused-ring (bicyclic) bond motifs is 5. The molecule has 2 aliphatic heterocycles. The van der Waals surface area contributed by atoms with Crippen LogP contribution in [0, 0.1) is 6.92 Å². The van der Waals surface area contributed by atoms with E-state index in [4.69, 9.17) is 9.47 Å². The Bertz CT molecular complexity index is 1320. The van der Waals surface area contributed by atoms with Gasteiger partial charge in [-0.1, -0.05) is 12.1 Å². The summed E-state index contributed by atoms with van der Waals surface area (Å²) in [6, 6.07) is 5.16. The van der Waals surface area contributed by atoms with Crippen molar-refractivity contribution < 1.29 is 27.2 Å². The largest absolute Gasteiger partial charge is 0.489 e. The molecular weight excluding hydrogens is 482 g/mol. The van der Waals surface area contributed by atoms with Crippen molar-refractivity contribution in [1.29, 1.82) is 0 Å². The maximum atomic E-state index is 13.7. The van der Waals surface area contributed by atoms with E-state index in [0.717, 1.165) is 6.07 Å². The number of nitrogens with one attached hydrogen (secondary N) is 2. The Morgan fingerprint density at radius 3 is 2.57 bits per heavy atom. The number of anilines is 1. The Morgan fingerprint density at radius 1 is 1.09 bits per heavy atom. The summed E-state index contributed by atoms with van der Waals surface area (Å²) in [7, 11) is -2.69. The van der Waals surface area contributed by atoms with Gasteiger partial charge in [-0.3, -0.25) is 0 Å². The fourth-order valence-electron chi connectivity index (χ4n) is 4.46. The molecule has 1 atom stereocenters. The predicted octanol–water partition coefficient (Wildman–Crippen LogP) is 3.89. The monoisotopic (exact) mass is 507 g/mol. The number of halogens is 3. The van der Waals surface area contributed by atoms with Gasteiger partial charge in [-0.2, -0.15) is 23.1 Å². The molecule has 2 aliphatic rings. The first kappa shape index (κ1) is 23.8. The van der Waals surface area contributed by atoms with Crippen molar-refractivity contribution in [3.63, 3.8) is 0 Å². The fourth-order valence-corrected chi connectivity index (χ4v) is 6.87. The van der Waals surface area contributed by atoms with Crippen LogP contribution in [0.4, 0.5) is 19.0 Å². The van der Waals surface area contributed by atoms with Crippen molar-refractivity contribution >= 4 is 29.3 Å². The maximum Gasteiger partial charge on any atom is 0.419 e. The quantitative estimate of drug-likeness (QED) is 0.479. The SMILES string of the molecule is Cc1nc(P2(=O)CCNCC2)cc2c3nc(nc12)OCCOc1c(cccc1C(F)(F)F)[C@@H](C)N3. The molecule has 2 N–H and O–H groups in total. The standard InChI is InChI=1S/C23H25F3N5O3P/c1-13-15-4-3-5-17(23(24,25)26)20(15)33-8-9-34-22-30-19-14(2)28-18(12-16(19)21(29-13)31-22)35(32)10-6-27-7-11-35/h3-5,12-13,27H,6-11H2,1-2H3,(H,29,30,31)/t13-/m1/s1. The minimum absolute atomic E-state index is 0.0439. The first-order valence-corrected chi connectivity index (χ1v) is 13.4. The van der Waals surface area contributed by atoms with E-state index in [1.54, 1.807) is 26.0 Å². The van der Waals surface area contributed by atoms with Crippen LogP contribution in [0.1, 0.15) is 29.8 Å². The van der Waals surface area contributed by atoms with Crippen LogP contribution in [-0.4, -0.2) is 53.6 Å². The molecule has 1 saturated heterocycles. The van der Waals surface area contributed by atoms with Crippen LogP contribution in [0.5, 0.6) is 11.8 Å². The molecule has 0 spiro atoms. The van der Waals surface area contributed by atoms with E-state index in [-0.39, 0.29) is 25.0 Å². The number of nitrogens with zero attached hydrogens (tertiary/aromatic N) is 3. The number of hydrogen-bond donors (Lipinski definition) is 2. The number of aryl methyl sites for hydroxylation is 1. The van der Waals surface area contributed by atoms with E-state index < -0.39 is 24.9 Å². The lowest BCUT2D eigenvalue weighted by molar-refractivity contribution is -0.139. The lowest BCUT2D eigenvalue weighted by atomic mass is 10.0. The Balaban J connectivity index is 1.65. The number of pyridine rings is 1. The molecule has 2 aromatic heterocycles. The third-order valence-electron chi connectivity index (χ3n) is 6.27. The van der Waals surface area contributed by atoms with Crippen LogP contribution in [0.2, 0.25) is 0 Å². The van der Waals surface area contributed by atoms with Crippen LogP contribution in [-0.2, 0) is 10.7 Å². The van der Waals surface area contributed by atoms with E-state index in [1.807, 2.05) is 0 Å². The molecule has 0 radical (unpaired) electrons. The maximum absolute atomic E-state index is 13.7. The third-order valence-corrected chi connectivity index (χ3v) is 9.23. The van der Waals surface area contributed by atoms with Crippen molar-refractivity contribution in [3.8, 4) is 11.8 Å². The van der Waals surface area contributed by atoms with Gasteiger partial charge in [0.1, 0.15) is 42.9 Å². The molecule has 8 nitrogen and oxygen atoms in total. The van der Waals surface area contributed by atoms with E-state index in [2.05, 4.69) is 25.6 Å². The first-order chi connectivity index (χ1) is 16.7. The highest BCUT2D eigenvalue weighted by Crippen LogP contribution is 2.45. The van der Waals surface area contributed by atoms with E-state index in [0.29, 0.717) is 58.8 Å². The van der Waals surface area contributed by atoms with Crippen molar-refractivity contribution in [1.82, 2.24) is 20.3 Å². The molecule has 5 rings (SSSR count). The van der Waals surface area contributed by atoms with Crippen molar-refractivity contribution in [3.05, 3.63) is 41.1 Å². The van der Waals surface area contributed by atoms with Gasteiger partial charge in [-0.15, -0.1) is 0 Å². The number of rotatable bonds is 1. The summed E-state index contributed by atoms with van der Waals surface area (Å²) in [5, 5.41) is 7.03. The zero-order chi connectivity index (χ0) is 24.8. The van der Waals surface area contributed by atoms with Gasteiger partial charge in [0.15, 0.2) is 0 Å². The Morgan fingerprint density at radius 2 is 1.83 bits per heavy atom. The zero-order valence-electron chi connectivity index (χ0n) is 19.3. The van der Waals surface area contributed by atoms with Crippen LogP contribution < -0.4 is 25.5 Å². The number of ether oxygens (including phenoxy) is 2. The van der Waals surface area contributed by atoms with E-state index >= 15 is 0 Å². The fraction of sp³-hybridized carbons (Fsp3) is 0.435. The molecule has 12 heteroatoms. The lowest BCUT2D eigenvalue weighted by Gasteiger charge is -2.24.